The molecule has 0 radical (unpaired) electrons. The Balaban J connectivity index is 1.47. The van der Waals surface area contributed by atoms with Gasteiger partial charge >= 0.3 is 0 Å². The van der Waals surface area contributed by atoms with Gasteiger partial charge < -0.3 is 0 Å². The molecular weight excluding hydrogens is 420 g/mol. The molecule has 6 nitrogen and oxygen atoms in total. The van der Waals surface area contributed by atoms with Gasteiger partial charge in [-0.2, -0.15) is 0 Å². The minimum absolute atomic E-state index is 0.0959. The quantitative estimate of drug-likeness (QED) is 0.395. The summed E-state index contributed by atoms with van der Waals surface area (Å²) in [5.74, 6) is -0.195. The first kappa shape index (κ1) is 20.1. The van der Waals surface area contributed by atoms with E-state index in [4.69, 9.17) is 0 Å². The van der Waals surface area contributed by atoms with Crippen LogP contribution in [0, 0.1) is 0 Å². The number of carbonyl (C=O) groups excluding carboxylic acids is 1. The highest BCUT2D eigenvalue weighted by atomic mass is 32.1. The monoisotopic (exact) mass is 440 g/mol. The summed E-state index contributed by atoms with van der Waals surface area (Å²) in [6.07, 6.45) is 2.13. The number of hydrogen-bond donors (Lipinski definition) is 0. The lowest BCUT2D eigenvalue weighted by Crippen LogP contribution is -2.38. The summed E-state index contributed by atoms with van der Waals surface area (Å²) >= 11 is 1.48. The Hall–Kier alpha value is -3.84. The fourth-order valence-corrected chi connectivity index (χ4v) is 4.65. The third-order valence-electron chi connectivity index (χ3n) is 5.32. The van der Waals surface area contributed by atoms with Gasteiger partial charge in [-0.3, -0.25) is 19.1 Å². The van der Waals surface area contributed by atoms with Crippen molar-refractivity contribution in [2.75, 3.05) is 11.4 Å². The molecule has 1 amide bonds. The van der Waals surface area contributed by atoms with Crippen LogP contribution >= 0.6 is 11.3 Å². The van der Waals surface area contributed by atoms with E-state index in [1.807, 2.05) is 60.7 Å². The second-order valence-corrected chi connectivity index (χ2v) is 8.45. The van der Waals surface area contributed by atoms with Gasteiger partial charge in [-0.05, 0) is 36.2 Å². The van der Waals surface area contributed by atoms with E-state index >= 15 is 0 Å². The van der Waals surface area contributed by atoms with Crippen molar-refractivity contribution in [1.29, 1.82) is 0 Å². The van der Waals surface area contributed by atoms with Gasteiger partial charge in [0.25, 0.3) is 5.56 Å². The summed E-state index contributed by atoms with van der Waals surface area (Å²) in [5.41, 5.74) is 2.38. The first-order valence-corrected chi connectivity index (χ1v) is 11.1. The van der Waals surface area contributed by atoms with Crippen molar-refractivity contribution in [2.45, 2.75) is 13.0 Å². The van der Waals surface area contributed by atoms with Gasteiger partial charge in [0.05, 0.1) is 27.4 Å². The number of amides is 1. The number of benzene rings is 3. The molecule has 2 aromatic heterocycles. The third kappa shape index (κ3) is 4.02. The number of hydrogen-bond acceptors (Lipinski definition) is 5. The highest BCUT2D eigenvalue weighted by molar-refractivity contribution is 7.22. The SMILES string of the molecule is O=C(Cn1cnc2ccccc2c1=O)N(CCc1ccccc1)c1nc2ccccc2s1. The van der Waals surface area contributed by atoms with Gasteiger partial charge in [-0.1, -0.05) is 65.9 Å². The molecule has 158 valence electrons. The van der Waals surface area contributed by atoms with Crippen LogP contribution in [0.3, 0.4) is 0 Å². The van der Waals surface area contributed by atoms with Gasteiger partial charge in [0.1, 0.15) is 6.54 Å². The standard InChI is InChI=1S/C25H20N4O2S/c30-23(16-28-17-26-20-11-5-4-10-19(20)24(28)31)29(15-14-18-8-2-1-3-9-18)25-27-21-12-6-7-13-22(21)32-25/h1-13,17H,14-16H2. The molecule has 0 bridgehead atoms. The number of aromatic nitrogens is 3. The molecule has 0 saturated carbocycles. The van der Waals surface area contributed by atoms with Crippen molar-refractivity contribution >= 4 is 43.5 Å². The minimum atomic E-state index is -0.226. The van der Waals surface area contributed by atoms with Crippen molar-refractivity contribution in [3.8, 4) is 0 Å². The predicted octanol–water partition coefficient (Wildman–Crippen LogP) is 4.28. The van der Waals surface area contributed by atoms with Crippen LogP contribution in [0.2, 0.25) is 0 Å². The van der Waals surface area contributed by atoms with E-state index in [2.05, 4.69) is 9.97 Å². The van der Waals surface area contributed by atoms with Crippen LogP contribution in [0.15, 0.2) is 90.0 Å². The maximum absolute atomic E-state index is 13.4. The highest BCUT2D eigenvalue weighted by Gasteiger charge is 2.21. The molecule has 0 aliphatic carbocycles. The average molecular weight is 441 g/mol. The van der Waals surface area contributed by atoms with E-state index in [9.17, 15) is 9.59 Å². The number of rotatable bonds is 6. The van der Waals surface area contributed by atoms with Gasteiger partial charge in [0, 0.05) is 6.54 Å². The molecular formula is C25H20N4O2S. The fourth-order valence-electron chi connectivity index (χ4n) is 3.64. The van der Waals surface area contributed by atoms with Crippen molar-refractivity contribution in [1.82, 2.24) is 14.5 Å². The number of carbonyl (C=O) groups is 1. The summed E-state index contributed by atoms with van der Waals surface area (Å²) in [5, 5.41) is 1.13. The van der Waals surface area contributed by atoms with Crippen molar-refractivity contribution in [3.05, 3.63) is 101 Å². The molecule has 0 atom stereocenters. The number of para-hydroxylation sites is 2. The lowest BCUT2D eigenvalue weighted by atomic mass is 10.1. The predicted molar refractivity (Wildman–Crippen MR) is 128 cm³/mol. The van der Waals surface area contributed by atoms with E-state index in [0.717, 1.165) is 15.8 Å². The molecule has 0 aliphatic rings. The highest BCUT2D eigenvalue weighted by Crippen LogP contribution is 2.29. The Morgan fingerprint density at radius 3 is 2.44 bits per heavy atom. The Morgan fingerprint density at radius 1 is 0.906 bits per heavy atom. The average Bonchev–Trinajstić information content (AvgIpc) is 3.26. The van der Waals surface area contributed by atoms with Gasteiger partial charge in [0.15, 0.2) is 5.13 Å². The van der Waals surface area contributed by atoms with Crippen molar-refractivity contribution in [2.24, 2.45) is 0 Å². The lowest BCUT2D eigenvalue weighted by Gasteiger charge is -2.20. The number of thiazole rings is 1. The molecule has 0 N–H and O–H groups in total. The molecule has 2 heterocycles. The fraction of sp³-hybridized carbons (Fsp3) is 0.120. The maximum Gasteiger partial charge on any atom is 0.261 e. The zero-order chi connectivity index (χ0) is 21.9. The van der Waals surface area contributed by atoms with Crippen LogP contribution in [0.25, 0.3) is 21.1 Å². The van der Waals surface area contributed by atoms with Gasteiger partial charge in [0.2, 0.25) is 5.91 Å². The van der Waals surface area contributed by atoms with Crippen LogP contribution in [0.1, 0.15) is 5.56 Å². The molecule has 32 heavy (non-hydrogen) atoms. The summed E-state index contributed by atoms with van der Waals surface area (Å²) < 4.78 is 2.39. The molecule has 0 saturated heterocycles. The van der Waals surface area contributed by atoms with E-state index in [0.29, 0.717) is 29.0 Å². The van der Waals surface area contributed by atoms with E-state index in [1.165, 1.54) is 22.2 Å². The van der Waals surface area contributed by atoms with Gasteiger partial charge in [-0.25, -0.2) is 9.97 Å². The molecule has 0 aliphatic heterocycles. The van der Waals surface area contributed by atoms with Crippen molar-refractivity contribution < 1.29 is 4.79 Å². The Bertz CT molecular complexity index is 1430. The Kier molecular flexibility index (Phi) is 5.47. The number of fused-ring (bicyclic) bond motifs is 2. The second kappa shape index (κ2) is 8.72. The largest absolute Gasteiger partial charge is 0.289 e. The minimum Gasteiger partial charge on any atom is -0.289 e. The first-order chi connectivity index (χ1) is 15.7. The molecule has 5 aromatic rings. The van der Waals surface area contributed by atoms with Gasteiger partial charge in [-0.15, -0.1) is 0 Å². The number of nitrogens with zero attached hydrogens (tertiary/aromatic N) is 4. The number of anilines is 1. The van der Waals surface area contributed by atoms with Crippen molar-refractivity contribution in [3.63, 3.8) is 0 Å². The van der Waals surface area contributed by atoms with Crippen LogP contribution < -0.4 is 10.5 Å². The summed E-state index contributed by atoms with van der Waals surface area (Å²) in [7, 11) is 0. The Morgan fingerprint density at radius 2 is 1.62 bits per heavy atom. The normalized spacial score (nSPS) is 11.1. The van der Waals surface area contributed by atoms with Crippen LogP contribution in [0.5, 0.6) is 0 Å². The third-order valence-corrected chi connectivity index (χ3v) is 6.38. The van der Waals surface area contributed by atoms with Crippen LogP contribution in [-0.4, -0.2) is 27.0 Å². The molecule has 0 unspecified atom stereocenters. The molecule has 0 spiro atoms. The zero-order valence-corrected chi connectivity index (χ0v) is 18.0. The topological polar surface area (TPSA) is 68.1 Å². The smallest absolute Gasteiger partial charge is 0.261 e. The van der Waals surface area contributed by atoms with E-state index < -0.39 is 0 Å². The summed E-state index contributed by atoms with van der Waals surface area (Å²) in [4.78, 5) is 37.0. The van der Waals surface area contributed by atoms with Crippen LogP contribution in [-0.2, 0) is 17.8 Å². The molecule has 7 heteroatoms. The zero-order valence-electron chi connectivity index (χ0n) is 17.2. The lowest BCUT2D eigenvalue weighted by molar-refractivity contribution is -0.119. The molecule has 5 rings (SSSR count). The van der Waals surface area contributed by atoms with Crippen LogP contribution in [0.4, 0.5) is 5.13 Å². The molecule has 0 fully saturated rings. The molecule has 3 aromatic carbocycles. The second-order valence-electron chi connectivity index (χ2n) is 7.44. The first-order valence-electron chi connectivity index (χ1n) is 10.3. The Labute approximate surface area is 188 Å². The summed E-state index contributed by atoms with van der Waals surface area (Å²) in [6.45, 7) is 0.375. The maximum atomic E-state index is 13.4. The van der Waals surface area contributed by atoms with E-state index in [1.54, 1.807) is 23.1 Å². The summed E-state index contributed by atoms with van der Waals surface area (Å²) in [6, 6.07) is 25.0. The van der Waals surface area contributed by atoms with E-state index in [-0.39, 0.29) is 18.0 Å².